The topological polar surface area (TPSA) is 0 Å². The molecule has 0 bridgehead atoms. The van der Waals surface area contributed by atoms with Crippen LogP contribution in [0.15, 0.2) is 24.3 Å². The van der Waals surface area contributed by atoms with Crippen LogP contribution in [-0.2, 0) is 0 Å². The highest BCUT2D eigenvalue weighted by Gasteiger charge is 2.31. The fourth-order valence-corrected chi connectivity index (χ4v) is 2.63. The van der Waals surface area contributed by atoms with Crippen LogP contribution in [0.5, 0.6) is 0 Å². The van der Waals surface area contributed by atoms with Gasteiger partial charge in [-0.3, -0.25) is 0 Å². The molecule has 0 N–H and O–H groups in total. The second-order valence-corrected chi connectivity index (χ2v) is 4.30. The Hall–Kier alpha value is -0.370. The van der Waals surface area contributed by atoms with E-state index in [1.807, 2.05) is 6.07 Å². The second-order valence-electron chi connectivity index (χ2n) is 3.65. The van der Waals surface area contributed by atoms with Crippen molar-refractivity contribution in [2.45, 2.75) is 18.8 Å². The maximum absolute atomic E-state index is 12.9. The van der Waals surface area contributed by atoms with Gasteiger partial charge in [-0.15, -0.1) is 0 Å². The summed E-state index contributed by atoms with van der Waals surface area (Å²) in [6.07, 6.45) is 2.60. The second kappa shape index (κ2) is 3.79. The predicted octanol–water partition coefficient (Wildman–Crippen LogP) is 3.71. The van der Waals surface area contributed by atoms with Gasteiger partial charge in [-0.2, -0.15) is 0 Å². The fraction of sp³-hybridized carbons (Fsp3) is 0.455. The largest absolute Gasteiger partial charge is 0.207 e. The van der Waals surface area contributed by atoms with Crippen LogP contribution < -0.4 is 0 Å². The van der Waals surface area contributed by atoms with Gasteiger partial charge in [0.05, 0.1) is 0 Å². The van der Waals surface area contributed by atoms with E-state index in [9.17, 15) is 4.39 Å². The molecule has 1 unspecified atom stereocenters. The van der Waals surface area contributed by atoms with Gasteiger partial charge < -0.3 is 0 Å². The smallest absolute Gasteiger partial charge is 0.123 e. The number of halogens is 2. The van der Waals surface area contributed by atoms with Crippen molar-refractivity contribution >= 4 is 15.9 Å². The third kappa shape index (κ3) is 2.11. The molecular formula is C11H12BrF. The Morgan fingerprint density at radius 1 is 1.46 bits per heavy atom. The third-order valence-corrected chi connectivity index (χ3v) is 3.33. The number of alkyl halides is 1. The molecule has 0 aliphatic heterocycles. The van der Waals surface area contributed by atoms with Crippen molar-refractivity contribution in [1.29, 1.82) is 0 Å². The molecule has 13 heavy (non-hydrogen) atoms. The number of hydrogen-bond acceptors (Lipinski definition) is 0. The molecule has 1 aliphatic carbocycles. The average Bonchev–Trinajstić information content (AvgIpc) is 2.90. The summed E-state index contributed by atoms with van der Waals surface area (Å²) >= 11 is 3.50. The molecule has 0 aromatic heterocycles. The zero-order valence-electron chi connectivity index (χ0n) is 7.34. The molecule has 1 aromatic rings. The van der Waals surface area contributed by atoms with Crippen molar-refractivity contribution < 1.29 is 4.39 Å². The standard InChI is InChI=1S/C11H12BrF/c12-7-11(8-4-5-8)9-2-1-3-10(13)6-9/h1-3,6,8,11H,4-5,7H2. The minimum Gasteiger partial charge on any atom is -0.207 e. The van der Waals surface area contributed by atoms with Gasteiger partial charge >= 0.3 is 0 Å². The Balaban J connectivity index is 2.21. The Bertz CT molecular complexity index is 294. The Morgan fingerprint density at radius 2 is 2.23 bits per heavy atom. The molecule has 0 saturated heterocycles. The summed E-state index contributed by atoms with van der Waals surface area (Å²) in [6, 6.07) is 6.97. The van der Waals surface area contributed by atoms with Gasteiger partial charge in [0, 0.05) is 5.33 Å². The van der Waals surface area contributed by atoms with Gasteiger partial charge in [-0.05, 0) is 42.4 Å². The van der Waals surface area contributed by atoms with Crippen molar-refractivity contribution in [3.05, 3.63) is 35.6 Å². The van der Waals surface area contributed by atoms with Gasteiger partial charge in [0.15, 0.2) is 0 Å². The molecule has 2 heteroatoms. The first-order valence-electron chi connectivity index (χ1n) is 4.62. The van der Waals surface area contributed by atoms with E-state index in [0.717, 1.165) is 16.8 Å². The van der Waals surface area contributed by atoms with E-state index in [0.29, 0.717) is 5.92 Å². The predicted molar refractivity (Wildman–Crippen MR) is 55.7 cm³/mol. The molecule has 1 saturated carbocycles. The zero-order chi connectivity index (χ0) is 9.26. The lowest BCUT2D eigenvalue weighted by Crippen LogP contribution is -2.02. The van der Waals surface area contributed by atoms with E-state index >= 15 is 0 Å². The van der Waals surface area contributed by atoms with Crippen molar-refractivity contribution in [1.82, 2.24) is 0 Å². The van der Waals surface area contributed by atoms with Crippen LogP contribution in [0, 0.1) is 11.7 Å². The molecule has 1 aliphatic rings. The summed E-state index contributed by atoms with van der Waals surface area (Å²) in [5.74, 6) is 1.17. The zero-order valence-corrected chi connectivity index (χ0v) is 8.93. The van der Waals surface area contributed by atoms with Gasteiger partial charge in [0.2, 0.25) is 0 Å². The summed E-state index contributed by atoms with van der Waals surface area (Å²) in [4.78, 5) is 0. The van der Waals surface area contributed by atoms with Crippen molar-refractivity contribution in [2.75, 3.05) is 5.33 Å². The van der Waals surface area contributed by atoms with Crippen LogP contribution in [0.25, 0.3) is 0 Å². The molecule has 0 nitrogen and oxygen atoms in total. The quantitative estimate of drug-likeness (QED) is 0.710. The number of rotatable bonds is 3. The minimum atomic E-state index is -0.121. The summed E-state index contributed by atoms with van der Waals surface area (Å²) in [6.45, 7) is 0. The van der Waals surface area contributed by atoms with E-state index in [2.05, 4.69) is 15.9 Å². The van der Waals surface area contributed by atoms with Gasteiger partial charge in [0.1, 0.15) is 5.82 Å². The summed E-state index contributed by atoms with van der Waals surface area (Å²) in [5.41, 5.74) is 1.14. The lowest BCUT2D eigenvalue weighted by atomic mass is 9.96. The number of hydrogen-bond donors (Lipinski definition) is 0. The number of benzene rings is 1. The average molecular weight is 243 g/mol. The molecular weight excluding hydrogens is 231 g/mol. The maximum atomic E-state index is 12.9. The minimum absolute atomic E-state index is 0.121. The molecule has 0 amide bonds. The van der Waals surface area contributed by atoms with Crippen LogP contribution in [0.2, 0.25) is 0 Å². The van der Waals surface area contributed by atoms with Crippen LogP contribution >= 0.6 is 15.9 Å². The summed E-state index contributed by atoms with van der Waals surface area (Å²) in [5, 5.41) is 0.946. The molecule has 0 radical (unpaired) electrons. The summed E-state index contributed by atoms with van der Waals surface area (Å²) in [7, 11) is 0. The maximum Gasteiger partial charge on any atom is 0.123 e. The first kappa shape index (κ1) is 9.20. The molecule has 70 valence electrons. The monoisotopic (exact) mass is 242 g/mol. The molecule has 1 aromatic carbocycles. The molecule has 0 heterocycles. The van der Waals surface area contributed by atoms with E-state index in [-0.39, 0.29) is 5.82 Å². The first-order valence-corrected chi connectivity index (χ1v) is 5.75. The van der Waals surface area contributed by atoms with Crippen LogP contribution in [-0.4, -0.2) is 5.33 Å². The van der Waals surface area contributed by atoms with Crippen molar-refractivity contribution in [3.63, 3.8) is 0 Å². The van der Waals surface area contributed by atoms with Gasteiger partial charge in [0.25, 0.3) is 0 Å². The van der Waals surface area contributed by atoms with Gasteiger partial charge in [-0.1, -0.05) is 28.1 Å². The lowest BCUT2D eigenvalue weighted by Gasteiger charge is -2.12. The fourth-order valence-electron chi connectivity index (χ4n) is 1.72. The van der Waals surface area contributed by atoms with Crippen molar-refractivity contribution in [2.24, 2.45) is 5.92 Å². The lowest BCUT2D eigenvalue weighted by molar-refractivity contribution is 0.614. The van der Waals surface area contributed by atoms with Crippen molar-refractivity contribution in [3.8, 4) is 0 Å². The van der Waals surface area contributed by atoms with E-state index in [1.54, 1.807) is 12.1 Å². The SMILES string of the molecule is Fc1cccc(C(CBr)C2CC2)c1. The van der Waals surface area contributed by atoms with Crippen LogP contribution in [0.1, 0.15) is 24.3 Å². The molecule has 2 rings (SSSR count). The molecule has 0 spiro atoms. The van der Waals surface area contributed by atoms with Gasteiger partial charge in [-0.25, -0.2) is 4.39 Å². The van der Waals surface area contributed by atoms with E-state index in [1.165, 1.54) is 18.9 Å². The van der Waals surface area contributed by atoms with Crippen LogP contribution in [0.3, 0.4) is 0 Å². The summed E-state index contributed by atoms with van der Waals surface area (Å²) < 4.78 is 12.9. The Kier molecular flexibility index (Phi) is 2.68. The third-order valence-electron chi connectivity index (χ3n) is 2.63. The highest BCUT2D eigenvalue weighted by atomic mass is 79.9. The highest BCUT2D eigenvalue weighted by Crippen LogP contribution is 2.43. The Morgan fingerprint density at radius 3 is 2.77 bits per heavy atom. The first-order chi connectivity index (χ1) is 6.31. The molecule has 1 atom stereocenters. The van der Waals surface area contributed by atoms with Crippen LogP contribution in [0.4, 0.5) is 4.39 Å². The van der Waals surface area contributed by atoms with E-state index < -0.39 is 0 Å². The van der Waals surface area contributed by atoms with E-state index in [4.69, 9.17) is 0 Å². The Labute approximate surface area is 86.3 Å². The molecule has 1 fully saturated rings. The normalized spacial score (nSPS) is 18.6. The highest BCUT2D eigenvalue weighted by molar-refractivity contribution is 9.09.